The van der Waals surface area contributed by atoms with E-state index in [4.69, 9.17) is 4.52 Å². The first kappa shape index (κ1) is 17.3. The van der Waals surface area contributed by atoms with Crippen LogP contribution in [0.3, 0.4) is 0 Å². The van der Waals surface area contributed by atoms with Gasteiger partial charge in [0.1, 0.15) is 10.8 Å². The number of alkyl halides is 3. The number of nitrogens with zero attached hydrogens (tertiary/aromatic N) is 2. The summed E-state index contributed by atoms with van der Waals surface area (Å²) in [7, 11) is 0. The van der Waals surface area contributed by atoms with Crippen LogP contribution in [-0.2, 0) is 10.5 Å². The first-order valence-electron chi connectivity index (χ1n) is 6.51. The van der Waals surface area contributed by atoms with E-state index in [0.717, 1.165) is 5.56 Å². The molecule has 2 rings (SSSR count). The summed E-state index contributed by atoms with van der Waals surface area (Å²) in [6.07, 6.45) is -3.11. The molecule has 2 aromatic rings. The lowest BCUT2D eigenvalue weighted by Gasteiger charge is -2.10. The normalized spacial score (nSPS) is 11.5. The van der Waals surface area contributed by atoms with Gasteiger partial charge >= 0.3 is 12.1 Å². The molecule has 2 heterocycles. The van der Waals surface area contributed by atoms with Crippen LogP contribution in [0, 0.1) is 13.8 Å². The number of carbonyl (C=O) groups excluding carboxylic acids is 1. The second-order valence-corrected chi connectivity index (χ2v) is 5.60. The Balaban J connectivity index is 2.10. The molecule has 0 bridgehead atoms. The number of aromatic nitrogens is 2. The maximum atomic E-state index is 12.1. The average Bonchev–Trinajstić information content (AvgIpc) is 2.81. The van der Waals surface area contributed by atoms with Crippen LogP contribution < -0.4 is 0 Å². The third kappa shape index (κ3) is 4.72. The number of thioether (sulfide) groups is 1. The molecule has 0 saturated carbocycles. The number of aryl methyl sites for hydroxylation is 2. The van der Waals surface area contributed by atoms with Gasteiger partial charge in [-0.1, -0.05) is 5.16 Å². The van der Waals surface area contributed by atoms with Crippen molar-refractivity contribution in [3.8, 4) is 0 Å². The first-order chi connectivity index (χ1) is 10.8. The molecule has 23 heavy (non-hydrogen) atoms. The summed E-state index contributed by atoms with van der Waals surface area (Å²) in [5.74, 6) is 0.0152. The van der Waals surface area contributed by atoms with E-state index in [1.807, 2.05) is 0 Å². The monoisotopic (exact) mass is 346 g/mol. The number of pyridine rings is 1. The Morgan fingerprint density at radius 2 is 2.13 bits per heavy atom. The van der Waals surface area contributed by atoms with E-state index in [1.54, 1.807) is 13.8 Å². The minimum Gasteiger partial charge on any atom is -0.452 e. The van der Waals surface area contributed by atoms with Crippen molar-refractivity contribution in [2.75, 3.05) is 6.61 Å². The summed E-state index contributed by atoms with van der Waals surface area (Å²) in [6, 6.07) is 2.84. The topological polar surface area (TPSA) is 65.2 Å². The lowest BCUT2D eigenvalue weighted by atomic mass is 10.2. The van der Waals surface area contributed by atoms with Crippen LogP contribution in [0.1, 0.15) is 27.4 Å². The van der Waals surface area contributed by atoms with Crippen LogP contribution in [-0.4, -0.2) is 28.9 Å². The van der Waals surface area contributed by atoms with Gasteiger partial charge in [0.05, 0.1) is 11.3 Å². The fraction of sp³-hybridized carbons (Fsp3) is 0.357. The number of hydrogen-bond acceptors (Lipinski definition) is 6. The van der Waals surface area contributed by atoms with Gasteiger partial charge in [-0.05, 0) is 26.0 Å². The average molecular weight is 346 g/mol. The summed E-state index contributed by atoms with van der Waals surface area (Å²) in [4.78, 5) is 15.8. The lowest BCUT2D eigenvalue weighted by Crippen LogP contribution is -2.20. The van der Waals surface area contributed by atoms with Gasteiger partial charge in [0.2, 0.25) is 0 Å². The van der Waals surface area contributed by atoms with Gasteiger partial charge in [0.25, 0.3) is 0 Å². The fourth-order valence-electron chi connectivity index (χ4n) is 1.73. The van der Waals surface area contributed by atoms with E-state index in [1.165, 1.54) is 30.1 Å². The number of ether oxygens (including phenoxy) is 1. The first-order valence-corrected chi connectivity index (χ1v) is 7.50. The molecule has 0 amide bonds. The molecule has 9 heteroatoms. The van der Waals surface area contributed by atoms with Crippen molar-refractivity contribution in [2.45, 2.75) is 30.8 Å². The zero-order valence-electron chi connectivity index (χ0n) is 12.3. The number of hydrogen-bond donors (Lipinski definition) is 0. The van der Waals surface area contributed by atoms with Gasteiger partial charge in [-0.25, -0.2) is 9.78 Å². The molecule has 0 atom stereocenters. The van der Waals surface area contributed by atoms with Crippen LogP contribution >= 0.6 is 11.8 Å². The minimum atomic E-state index is -4.57. The fourth-order valence-corrected chi connectivity index (χ4v) is 2.87. The molecule has 124 valence electrons. The summed E-state index contributed by atoms with van der Waals surface area (Å²) < 4.78 is 45.7. The molecular weight excluding hydrogens is 333 g/mol. The quantitative estimate of drug-likeness (QED) is 0.608. The van der Waals surface area contributed by atoms with Crippen LogP contribution in [0.25, 0.3) is 0 Å². The Morgan fingerprint density at radius 1 is 1.39 bits per heavy atom. The zero-order chi connectivity index (χ0) is 17.0. The summed E-state index contributed by atoms with van der Waals surface area (Å²) >= 11 is 1.20. The van der Waals surface area contributed by atoms with Crippen molar-refractivity contribution in [1.29, 1.82) is 0 Å². The van der Waals surface area contributed by atoms with Crippen molar-refractivity contribution in [1.82, 2.24) is 10.1 Å². The van der Waals surface area contributed by atoms with Crippen LogP contribution in [0.2, 0.25) is 0 Å². The highest BCUT2D eigenvalue weighted by Gasteiger charge is 2.30. The van der Waals surface area contributed by atoms with Crippen LogP contribution in [0.4, 0.5) is 13.2 Å². The molecule has 5 nitrogen and oxygen atoms in total. The van der Waals surface area contributed by atoms with Gasteiger partial charge in [0, 0.05) is 17.5 Å². The molecule has 0 saturated heterocycles. The molecule has 0 radical (unpaired) electrons. The standard InChI is InChI=1S/C14H13F3N2O3S/c1-8-11(9(2)22-19-8)6-23-12-10(4-3-5-18-12)13(20)21-7-14(15,16)17/h3-5H,6-7H2,1-2H3. The van der Waals surface area contributed by atoms with Gasteiger partial charge in [-0.15, -0.1) is 11.8 Å². The smallest absolute Gasteiger partial charge is 0.422 e. The number of esters is 1. The maximum absolute atomic E-state index is 12.1. The Kier molecular flexibility index (Phi) is 5.30. The third-order valence-corrected chi connectivity index (χ3v) is 3.92. The summed E-state index contributed by atoms with van der Waals surface area (Å²) in [6.45, 7) is 1.91. The van der Waals surface area contributed by atoms with Gasteiger partial charge in [-0.2, -0.15) is 13.2 Å². The van der Waals surface area contributed by atoms with Gasteiger partial charge in [-0.3, -0.25) is 0 Å². The second kappa shape index (κ2) is 7.03. The Hall–Kier alpha value is -2.03. The predicted molar refractivity (Wildman–Crippen MR) is 76.1 cm³/mol. The van der Waals surface area contributed by atoms with Crippen molar-refractivity contribution in [3.63, 3.8) is 0 Å². The van der Waals surface area contributed by atoms with Crippen molar-refractivity contribution < 1.29 is 27.2 Å². The second-order valence-electron chi connectivity index (χ2n) is 4.64. The lowest BCUT2D eigenvalue weighted by molar-refractivity contribution is -0.161. The molecule has 0 spiro atoms. The molecule has 0 aromatic carbocycles. The van der Waals surface area contributed by atoms with Crippen molar-refractivity contribution >= 4 is 17.7 Å². The maximum Gasteiger partial charge on any atom is 0.422 e. The summed E-state index contributed by atoms with van der Waals surface area (Å²) in [5, 5.41) is 4.11. The van der Waals surface area contributed by atoms with E-state index in [9.17, 15) is 18.0 Å². The number of halogens is 3. The van der Waals surface area contributed by atoms with Gasteiger partial charge in [0.15, 0.2) is 6.61 Å². The van der Waals surface area contributed by atoms with E-state index in [-0.39, 0.29) is 5.56 Å². The molecule has 0 unspecified atom stereocenters. The van der Waals surface area contributed by atoms with E-state index in [0.29, 0.717) is 22.2 Å². The summed E-state index contributed by atoms with van der Waals surface area (Å²) in [5.41, 5.74) is 1.57. The van der Waals surface area contributed by atoms with E-state index < -0.39 is 18.8 Å². The van der Waals surface area contributed by atoms with Crippen molar-refractivity contribution in [3.05, 3.63) is 40.9 Å². The Labute approximate surface area is 134 Å². The molecule has 0 fully saturated rings. The van der Waals surface area contributed by atoms with Gasteiger partial charge < -0.3 is 9.26 Å². The largest absolute Gasteiger partial charge is 0.452 e. The van der Waals surface area contributed by atoms with Crippen molar-refractivity contribution in [2.24, 2.45) is 0 Å². The van der Waals surface area contributed by atoms with E-state index in [2.05, 4.69) is 14.9 Å². The minimum absolute atomic E-state index is 0.00601. The Bertz CT molecular complexity index is 681. The number of carbonyl (C=O) groups is 1. The van der Waals surface area contributed by atoms with Crippen LogP contribution in [0.15, 0.2) is 27.9 Å². The highest BCUT2D eigenvalue weighted by Crippen LogP contribution is 2.27. The van der Waals surface area contributed by atoms with E-state index >= 15 is 0 Å². The SMILES string of the molecule is Cc1noc(C)c1CSc1ncccc1C(=O)OCC(F)(F)F. The zero-order valence-corrected chi connectivity index (χ0v) is 13.1. The molecule has 0 aliphatic carbocycles. The highest BCUT2D eigenvalue weighted by molar-refractivity contribution is 7.98. The Morgan fingerprint density at radius 3 is 2.74 bits per heavy atom. The molecule has 0 aliphatic rings. The van der Waals surface area contributed by atoms with Crippen LogP contribution in [0.5, 0.6) is 0 Å². The molecule has 0 N–H and O–H groups in total. The third-order valence-electron chi connectivity index (χ3n) is 2.89. The molecule has 0 aliphatic heterocycles. The highest BCUT2D eigenvalue weighted by atomic mass is 32.2. The number of rotatable bonds is 5. The molecule has 2 aromatic heterocycles. The predicted octanol–water partition coefficient (Wildman–Crippen LogP) is 3.70. The molecular formula is C14H13F3N2O3S.